The Labute approximate surface area is 89.0 Å². The summed E-state index contributed by atoms with van der Waals surface area (Å²) >= 11 is 0. The largest absolute Gasteiger partial charge is 0.229 e. The van der Waals surface area contributed by atoms with Gasteiger partial charge in [-0.15, -0.1) is 0 Å². The van der Waals surface area contributed by atoms with Crippen LogP contribution in [0.2, 0.25) is 0 Å². The molecule has 0 rings (SSSR count). The molecule has 0 aromatic heterocycles. The van der Waals surface area contributed by atoms with E-state index in [0.29, 0.717) is 0 Å². The molecule has 0 amide bonds. The summed E-state index contributed by atoms with van der Waals surface area (Å²) < 4.78 is 4.43. The first-order valence-corrected chi connectivity index (χ1v) is 5.19. The van der Waals surface area contributed by atoms with E-state index in [-0.39, 0.29) is 11.1 Å². The minimum atomic E-state index is 0.190. The molecule has 0 aliphatic carbocycles. The predicted octanol–water partition coefficient (Wildman–Crippen LogP) is 2.01. The van der Waals surface area contributed by atoms with Crippen LogP contribution in [0.5, 0.6) is 0 Å². The highest BCUT2D eigenvalue weighted by atomic mass is 15.1. The molecule has 0 N–H and O–H groups in total. The lowest BCUT2D eigenvalue weighted by atomic mass is 10.1. The fourth-order valence-electron chi connectivity index (χ4n) is 0.647. The first kappa shape index (κ1) is 13.3. The smallest absolute Gasteiger partial charge is 0.227 e. The van der Waals surface area contributed by atoms with Gasteiger partial charge in [0.25, 0.3) is 0 Å². The minimum Gasteiger partial charge on any atom is -0.229 e. The van der Waals surface area contributed by atoms with Crippen LogP contribution in [0, 0.1) is 0 Å². The summed E-state index contributed by atoms with van der Waals surface area (Å²) in [6.07, 6.45) is 4.26. The molecule has 2 heteroatoms. The highest BCUT2D eigenvalue weighted by molar-refractivity contribution is 6.10. The molecule has 0 atom stereocenters. The molecule has 0 aromatic carbocycles. The summed E-state index contributed by atoms with van der Waals surface area (Å²) in [5.41, 5.74) is 0.379. The molecule has 0 fully saturated rings. The van der Waals surface area contributed by atoms with Gasteiger partial charge in [0.1, 0.15) is 14.1 Å². The van der Waals surface area contributed by atoms with E-state index in [1.54, 1.807) is 0 Å². The van der Waals surface area contributed by atoms with Crippen LogP contribution in [0.15, 0.2) is 0 Å². The Bertz CT molecular complexity index is 218. The average molecular weight is 198 g/mol. The minimum absolute atomic E-state index is 0.190. The second-order valence-corrected chi connectivity index (χ2v) is 5.86. The molecule has 0 unspecified atom stereocenters. The van der Waals surface area contributed by atoms with Crippen molar-refractivity contribution in [2.45, 2.75) is 52.6 Å². The van der Waals surface area contributed by atoms with Crippen LogP contribution in [0.25, 0.3) is 0 Å². The van der Waals surface area contributed by atoms with Gasteiger partial charge in [0, 0.05) is 0 Å². The van der Waals surface area contributed by atoms with E-state index < -0.39 is 0 Å². The number of nitrogens with zero attached hydrogens (tertiary/aromatic N) is 2. The quantitative estimate of drug-likeness (QED) is 0.449. The highest BCUT2D eigenvalue weighted by Gasteiger charge is 2.22. The van der Waals surface area contributed by atoms with Crippen LogP contribution in [0.3, 0.4) is 0 Å². The van der Waals surface area contributed by atoms with E-state index in [4.69, 9.17) is 0 Å². The van der Waals surface area contributed by atoms with Crippen LogP contribution in [0.4, 0.5) is 0 Å². The number of rotatable bonds is 1. The molecule has 0 aliphatic rings. The Kier molecular flexibility index (Phi) is 4.04. The molecule has 0 spiro atoms. The second kappa shape index (κ2) is 4.24. The van der Waals surface area contributed by atoms with Gasteiger partial charge in [0.2, 0.25) is 12.4 Å². The fourth-order valence-corrected chi connectivity index (χ4v) is 0.647. The van der Waals surface area contributed by atoms with E-state index >= 15 is 0 Å². The van der Waals surface area contributed by atoms with Crippen molar-refractivity contribution in [3.8, 4) is 0 Å². The zero-order valence-electron chi connectivity index (χ0n) is 11.0. The first-order valence-electron chi connectivity index (χ1n) is 5.19. The third-order valence-corrected chi connectivity index (χ3v) is 2.63. The van der Waals surface area contributed by atoms with Crippen LogP contribution >= 0.6 is 0 Å². The Balaban J connectivity index is 4.73. The molecular formula is C12H26N2+2. The van der Waals surface area contributed by atoms with Crippen molar-refractivity contribution in [1.82, 2.24) is 0 Å². The Hall–Kier alpha value is -0.660. The maximum absolute atomic E-state index is 2.22. The molecule has 0 saturated heterocycles. The Morgan fingerprint density at radius 2 is 0.857 bits per heavy atom. The van der Waals surface area contributed by atoms with Crippen molar-refractivity contribution in [2.24, 2.45) is 0 Å². The lowest BCUT2D eigenvalue weighted by Crippen LogP contribution is -2.34. The second-order valence-electron chi connectivity index (χ2n) is 5.86. The third-order valence-electron chi connectivity index (χ3n) is 2.63. The lowest BCUT2D eigenvalue weighted by molar-refractivity contribution is -0.577. The molecule has 0 radical (unpaired) electrons. The van der Waals surface area contributed by atoms with E-state index in [0.717, 1.165) is 0 Å². The van der Waals surface area contributed by atoms with E-state index in [1.165, 1.54) is 0 Å². The van der Waals surface area contributed by atoms with Gasteiger partial charge in [-0.3, -0.25) is 0 Å². The standard InChI is InChI=1S/C12H26N2/c1-11(2,3)13(7)9-10-14(8)12(4,5)6/h9-10H,1-8H3/q+2. The summed E-state index contributed by atoms with van der Waals surface area (Å²) in [4.78, 5) is 0. The monoisotopic (exact) mass is 198 g/mol. The van der Waals surface area contributed by atoms with Crippen LogP contribution in [0.1, 0.15) is 41.5 Å². The summed E-state index contributed by atoms with van der Waals surface area (Å²) in [6, 6.07) is 0. The van der Waals surface area contributed by atoms with Gasteiger partial charge in [0.05, 0.1) is 0 Å². The van der Waals surface area contributed by atoms with Gasteiger partial charge >= 0.3 is 0 Å². The maximum atomic E-state index is 2.22. The normalized spacial score (nSPS) is 16.0. The number of hydrogen-bond donors (Lipinski definition) is 0. The fraction of sp³-hybridized carbons (Fsp3) is 0.833. The molecule has 14 heavy (non-hydrogen) atoms. The zero-order chi connectivity index (χ0) is 11.6. The Morgan fingerprint density at radius 3 is 1.00 bits per heavy atom. The van der Waals surface area contributed by atoms with Gasteiger partial charge in [-0.2, -0.15) is 0 Å². The molecule has 0 saturated carbocycles. The highest BCUT2D eigenvalue weighted by Crippen LogP contribution is 2.04. The Morgan fingerprint density at radius 1 is 0.643 bits per heavy atom. The van der Waals surface area contributed by atoms with Crippen molar-refractivity contribution < 1.29 is 9.15 Å². The number of hydrogen-bond acceptors (Lipinski definition) is 0. The predicted molar refractivity (Wildman–Crippen MR) is 64.0 cm³/mol. The molecule has 0 aromatic rings. The van der Waals surface area contributed by atoms with Gasteiger partial charge in [0.15, 0.2) is 11.1 Å². The van der Waals surface area contributed by atoms with Crippen LogP contribution in [-0.2, 0) is 0 Å². The maximum Gasteiger partial charge on any atom is 0.227 e. The van der Waals surface area contributed by atoms with Crippen molar-refractivity contribution >= 4 is 12.4 Å². The molecule has 0 heterocycles. The SMILES string of the molecule is C[N+](=CC=[N+](C)C(C)(C)C)C(C)(C)C. The first-order chi connectivity index (χ1) is 6.05. The molecule has 82 valence electrons. The molecule has 0 bridgehead atoms. The molecule has 2 nitrogen and oxygen atoms in total. The summed E-state index contributed by atoms with van der Waals surface area (Å²) in [7, 11) is 4.21. The van der Waals surface area contributed by atoms with Crippen molar-refractivity contribution in [3.63, 3.8) is 0 Å². The summed E-state index contributed by atoms with van der Waals surface area (Å²) in [5, 5.41) is 0. The molecular weight excluding hydrogens is 172 g/mol. The van der Waals surface area contributed by atoms with E-state index in [9.17, 15) is 0 Å². The van der Waals surface area contributed by atoms with Crippen molar-refractivity contribution in [3.05, 3.63) is 0 Å². The van der Waals surface area contributed by atoms with Gasteiger partial charge < -0.3 is 0 Å². The van der Waals surface area contributed by atoms with Crippen LogP contribution < -0.4 is 0 Å². The topological polar surface area (TPSA) is 6.02 Å². The zero-order valence-corrected chi connectivity index (χ0v) is 11.0. The average Bonchev–Trinajstić information content (AvgIpc) is 1.95. The summed E-state index contributed by atoms with van der Waals surface area (Å²) in [5.74, 6) is 0. The molecule has 0 aliphatic heterocycles. The van der Waals surface area contributed by atoms with Crippen molar-refractivity contribution in [1.29, 1.82) is 0 Å². The van der Waals surface area contributed by atoms with Crippen molar-refractivity contribution in [2.75, 3.05) is 14.1 Å². The van der Waals surface area contributed by atoms with Crippen LogP contribution in [-0.4, -0.2) is 46.8 Å². The van der Waals surface area contributed by atoms with Gasteiger partial charge in [-0.25, -0.2) is 9.15 Å². The third kappa shape index (κ3) is 4.54. The van der Waals surface area contributed by atoms with E-state index in [2.05, 4.69) is 77.2 Å². The lowest BCUT2D eigenvalue weighted by Gasteiger charge is -2.14. The van der Waals surface area contributed by atoms with Gasteiger partial charge in [-0.05, 0) is 41.5 Å². The van der Waals surface area contributed by atoms with Gasteiger partial charge in [-0.1, -0.05) is 0 Å². The van der Waals surface area contributed by atoms with E-state index in [1.807, 2.05) is 0 Å². The summed E-state index contributed by atoms with van der Waals surface area (Å²) in [6.45, 7) is 13.2.